The number of halogens is 2. The Labute approximate surface area is 133 Å². The minimum absolute atomic E-state index is 0.410. The van der Waals surface area contributed by atoms with Gasteiger partial charge in [0.05, 0.1) is 5.52 Å². The molecule has 0 bridgehead atoms. The van der Waals surface area contributed by atoms with E-state index in [0.29, 0.717) is 16.0 Å². The molecule has 0 atom stereocenters. The summed E-state index contributed by atoms with van der Waals surface area (Å²) in [5.41, 5.74) is 2.80. The molecule has 0 aliphatic rings. The summed E-state index contributed by atoms with van der Waals surface area (Å²) in [4.78, 5) is 11.0. The first-order valence-electron chi connectivity index (χ1n) is 6.45. The van der Waals surface area contributed by atoms with Gasteiger partial charge in [-0.1, -0.05) is 35.3 Å². The van der Waals surface area contributed by atoms with E-state index in [1.807, 2.05) is 49.3 Å². The first kappa shape index (κ1) is 14.1. The van der Waals surface area contributed by atoms with Crippen molar-refractivity contribution in [3.05, 3.63) is 52.6 Å². The van der Waals surface area contributed by atoms with E-state index in [-0.39, 0.29) is 0 Å². The Bertz CT molecular complexity index is 816. The van der Waals surface area contributed by atoms with Crippen molar-refractivity contribution in [2.24, 2.45) is 0 Å². The zero-order valence-corrected chi connectivity index (χ0v) is 13.2. The SMILES string of the molecule is CN(C)c1cccc(-c2nc(Cl)c3cc(Cl)ccc3n2)c1. The van der Waals surface area contributed by atoms with E-state index in [4.69, 9.17) is 23.2 Å². The van der Waals surface area contributed by atoms with Gasteiger partial charge >= 0.3 is 0 Å². The normalized spacial score (nSPS) is 10.9. The minimum atomic E-state index is 0.410. The number of fused-ring (bicyclic) bond motifs is 1. The van der Waals surface area contributed by atoms with Crippen LogP contribution in [0.5, 0.6) is 0 Å². The van der Waals surface area contributed by atoms with Crippen LogP contribution in [-0.4, -0.2) is 24.1 Å². The van der Waals surface area contributed by atoms with Gasteiger partial charge in [-0.15, -0.1) is 0 Å². The lowest BCUT2D eigenvalue weighted by molar-refractivity contribution is 1.13. The number of benzene rings is 2. The third kappa shape index (κ3) is 2.80. The predicted octanol–water partition coefficient (Wildman–Crippen LogP) is 4.67. The van der Waals surface area contributed by atoms with Gasteiger partial charge in [-0.05, 0) is 30.3 Å². The fraction of sp³-hybridized carbons (Fsp3) is 0.125. The second kappa shape index (κ2) is 5.51. The van der Waals surface area contributed by atoms with Crippen LogP contribution < -0.4 is 4.90 Å². The van der Waals surface area contributed by atoms with Crippen LogP contribution >= 0.6 is 23.2 Å². The van der Waals surface area contributed by atoms with Crippen molar-refractivity contribution in [3.8, 4) is 11.4 Å². The highest BCUT2D eigenvalue weighted by Gasteiger charge is 2.09. The smallest absolute Gasteiger partial charge is 0.161 e. The van der Waals surface area contributed by atoms with Crippen LogP contribution in [0.4, 0.5) is 5.69 Å². The Hall–Kier alpha value is -1.84. The van der Waals surface area contributed by atoms with Gasteiger partial charge in [-0.3, -0.25) is 0 Å². The largest absolute Gasteiger partial charge is 0.378 e. The van der Waals surface area contributed by atoms with Crippen LogP contribution in [0.3, 0.4) is 0 Å². The molecule has 0 radical (unpaired) electrons. The fourth-order valence-corrected chi connectivity index (χ4v) is 2.52. The van der Waals surface area contributed by atoms with E-state index in [1.54, 1.807) is 12.1 Å². The highest BCUT2D eigenvalue weighted by Crippen LogP contribution is 2.28. The third-order valence-corrected chi connectivity index (χ3v) is 3.76. The van der Waals surface area contributed by atoms with Gasteiger partial charge in [0, 0.05) is 35.8 Å². The highest BCUT2D eigenvalue weighted by molar-refractivity contribution is 6.35. The molecule has 21 heavy (non-hydrogen) atoms. The molecule has 1 heterocycles. The summed E-state index contributed by atoms with van der Waals surface area (Å²) in [6, 6.07) is 13.4. The van der Waals surface area contributed by atoms with Gasteiger partial charge in [0.25, 0.3) is 0 Å². The molecule has 0 spiro atoms. The summed E-state index contributed by atoms with van der Waals surface area (Å²) >= 11 is 12.2. The summed E-state index contributed by atoms with van der Waals surface area (Å²) in [5.74, 6) is 0.610. The van der Waals surface area contributed by atoms with E-state index in [0.717, 1.165) is 22.2 Å². The molecule has 0 amide bonds. The van der Waals surface area contributed by atoms with Gasteiger partial charge in [-0.2, -0.15) is 0 Å². The van der Waals surface area contributed by atoms with Crippen LogP contribution in [-0.2, 0) is 0 Å². The quantitative estimate of drug-likeness (QED) is 0.643. The summed E-state index contributed by atoms with van der Waals surface area (Å²) in [7, 11) is 3.99. The second-order valence-corrected chi connectivity index (χ2v) is 5.74. The van der Waals surface area contributed by atoms with E-state index in [1.165, 1.54) is 0 Å². The Morgan fingerprint density at radius 3 is 2.52 bits per heavy atom. The molecule has 5 heteroatoms. The summed E-state index contributed by atoms with van der Waals surface area (Å²) in [6.45, 7) is 0. The van der Waals surface area contributed by atoms with Gasteiger partial charge in [0.2, 0.25) is 0 Å². The van der Waals surface area contributed by atoms with Crippen LogP contribution in [0, 0.1) is 0 Å². The Morgan fingerprint density at radius 2 is 1.76 bits per heavy atom. The fourth-order valence-electron chi connectivity index (χ4n) is 2.12. The summed E-state index contributed by atoms with van der Waals surface area (Å²) < 4.78 is 0. The van der Waals surface area contributed by atoms with Crippen molar-refractivity contribution in [2.45, 2.75) is 0 Å². The molecule has 0 aliphatic heterocycles. The predicted molar refractivity (Wildman–Crippen MR) is 89.3 cm³/mol. The van der Waals surface area contributed by atoms with E-state index >= 15 is 0 Å². The Morgan fingerprint density at radius 1 is 0.952 bits per heavy atom. The van der Waals surface area contributed by atoms with Gasteiger partial charge < -0.3 is 4.90 Å². The standard InChI is InChI=1S/C16H13Cl2N3/c1-21(2)12-5-3-4-10(8-12)16-19-14-7-6-11(17)9-13(14)15(18)20-16/h3-9H,1-2H3. The number of hydrogen-bond donors (Lipinski definition) is 0. The highest BCUT2D eigenvalue weighted by atomic mass is 35.5. The lowest BCUT2D eigenvalue weighted by Gasteiger charge is -2.13. The van der Waals surface area contributed by atoms with Gasteiger partial charge in [-0.25, -0.2) is 9.97 Å². The van der Waals surface area contributed by atoms with Crippen LogP contribution in [0.1, 0.15) is 0 Å². The summed E-state index contributed by atoms with van der Waals surface area (Å²) in [5, 5.41) is 1.79. The lowest BCUT2D eigenvalue weighted by atomic mass is 10.1. The molecular weight excluding hydrogens is 305 g/mol. The zero-order valence-electron chi connectivity index (χ0n) is 11.6. The Balaban J connectivity index is 2.17. The number of nitrogens with zero attached hydrogens (tertiary/aromatic N) is 3. The molecule has 106 valence electrons. The molecule has 2 aromatic carbocycles. The van der Waals surface area contributed by atoms with Crippen molar-refractivity contribution >= 4 is 39.8 Å². The molecule has 0 N–H and O–H groups in total. The lowest BCUT2D eigenvalue weighted by Crippen LogP contribution is -2.08. The molecule has 3 rings (SSSR count). The van der Waals surface area contributed by atoms with Crippen LogP contribution in [0.25, 0.3) is 22.3 Å². The molecule has 0 unspecified atom stereocenters. The molecule has 0 fully saturated rings. The van der Waals surface area contributed by atoms with Crippen molar-refractivity contribution in [1.82, 2.24) is 9.97 Å². The molecule has 0 saturated heterocycles. The monoisotopic (exact) mass is 317 g/mol. The van der Waals surface area contributed by atoms with Crippen molar-refractivity contribution in [2.75, 3.05) is 19.0 Å². The molecule has 3 nitrogen and oxygen atoms in total. The number of aromatic nitrogens is 2. The molecular formula is C16H13Cl2N3. The van der Waals surface area contributed by atoms with E-state index in [9.17, 15) is 0 Å². The summed E-state index contributed by atoms with van der Waals surface area (Å²) in [6.07, 6.45) is 0. The van der Waals surface area contributed by atoms with Crippen molar-refractivity contribution < 1.29 is 0 Å². The second-order valence-electron chi connectivity index (χ2n) is 4.94. The number of rotatable bonds is 2. The average Bonchev–Trinajstić information content (AvgIpc) is 2.48. The molecule has 1 aromatic heterocycles. The third-order valence-electron chi connectivity index (χ3n) is 3.23. The number of anilines is 1. The van der Waals surface area contributed by atoms with E-state index < -0.39 is 0 Å². The van der Waals surface area contributed by atoms with Gasteiger partial charge in [0.1, 0.15) is 5.15 Å². The first-order chi connectivity index (χ1) is 10.0. The van der Waals surface area contributed by atoms with E-state index in [2.05, 4.69) is 9.97 Å². The van der Waals surface area contributed by atoms with Gasteiger partial charge in [0.15, 0.2) is 5.82 Å². The molecule has 0 aliphatic carbocycles. The maximum absolute atomic E-state index is 6.27. The number of hydrogen-bond acceptors (Lipinski definition) is 3. The minimum Gasteiger partial charge on any atom is -0.378 e. The molecule has 0 saturated carbocycles. The van der Waals surface area contributed by atoms with Crippen molar-refractivity contribution in [1.29, 1.82) is 0 Å². The van der Waals surface area contributed by atoms with Crippen molar-refractivity contribution in [3.63, 3.8) is 0 Å². The zero-order chi connectivity index (χ0) is 15.0. The Kier molecular flexibility index (Phi) is 3.70. The topological polar surface area (TPSA) is 29.0 Å². The first-order valence-corrected chi connectivity index (χ1v) is 7.21. The molecule has 3 aromatic rings. The maximum atomic E-state index is 6.27. The average molecular weight is 318 g/mol. The maximum Gasteiger partial charge on any atom is 0.161 e. The van der Waals surface area contributed by atoms with Crippen LogP contribution in [0.2, 0.25) is 10.2 Å². The van der Waals surface area contributed by atoms with Crippen LogP contribution in [0.15, 0.2) is 42.5 Å².